The van der Waals surface area contributed by atoms with Crippen molar-refractivity contribution in [2.24, 2.45) is 12.5 Å². The highest BCUT2D eigenvalue weighted by Gasteiger charge is 2.28. The number of phenolic OH excluding ortho intramolecular Hbond substituents is 1. The van der Waals surface area contributed by atoms with E-state index in [0.717, 1.165) is 16.6 Å². The molecule has 2 aromatic rings. The van der Waals surface area contributed by atoms with Gasteiger partial charge in [-0.25, -0.2) is 0 Å². The summed E-state index contributed by atoms with van der Waals surface area (Å²) < 4.78 is 1.86. The monoisotopic (exact) mass is 247 g/mol. The molecule has 2 rings (SSSR count). The van der Waals surface area contributed by atoms with Crippen LogP contribution in [0.4, 0.5) is 0 Å². The SMILES string of the molecule is Cn1c(CC(C)(C)C(=O)O)cc2cccc(O)c21. The Hall–Kier alpha value is -1.97. The van der Waals surface area contributed by atoms with Crippen molar-refractivity contribution in [2.45, 2.75) is 20.3 Å². The van der Waals surface area contributed by atoms with Crippen molar-refractivity contribution in [3.05, 3.63) is 30.0 Å². The number of aliphatic carboxylic acids is 1. The summed E-state index contributed by atoms with van der Waals surface area (Å²) in [5.41, 5.74) is 0.824. The molecule has 1 aromatic heterocycles. The van der Waals surface area contributed by atoms with Crippen LogP contribution in [0.2, 0.25) is 0 Å². The Morgan fingerprint density at radius 2 is 2.06 bits per heavy atom. The Balaban J connectivity index is 2.51. The van der Waals surface area contributed by atoms with Crippen LogP contribution in [0.25, 0.3) is 10.9 Å². The van der Waals surface area contributed by atoms with E-state index >= 15 is 0 Å². The van der Waals surface area contributed by atoms with Crippen LogP contribution in [0.3, 0.4) is 0 Å². The van der Waals surface area contributed by atoms with Gasteiger partial charge in [0.2, 0.25) is 0 Å². The number of aromatic hydroxyl groups is 1. The Bertz CT molecular complexity index is 611. The van der Waals surface area contributed by atoms with Crippen molar-refractivity contribution < 1.29 is 15.0 Å². The van der Waals surface area contributed by atoms with E-state index in [9.17, 15) is 9.90 Å². The fourth-order valence-electron chi connectivity index (χ4n) is 2.15. The van der Waals surface area contributed by atoms with Crippen molar-refractivity contribution in [3.63, 3.8) is 0 Å². The molecule has 96 valence electrons. The molecule has 0 saturated carbocycles. The van der Waals surface area contributed by atoms with Gasteiger partial charge < -0.3 is 14.8 Å². The van der Waals surface area contributed by atoms with Crippen LogP contribution < -0.4 is 0 Å². The number of hydrogen-bond donors (Lipinski definition) is 2. The first-order chi connectivity index (χ1) is 8.33. The minimum absolute atomic E-state index is 0.217. The van der Waals surface area contributed by atoms with Gasteiger partial charge in [-0.15, -0.1) is 0 Å². The number of benzene rings is 1. The zero-order valence-electron chi connectivity index (χ0n) is 10.8. The Kier molecular flexibility index (Phi) is 2.81. The molecule has 0 aliphatic rings. The zero-order valence-corrected chi connectivity index (χ0v) is 10.8. The van der Waals surface area contributed by atoms with E-state index in [0.29, 0.717) is 6.42 Å². The van der Waals surface area contributed by atoms with E-state index in [1.807, 2.05) is 23.7 Å². The van der Waals surface area contributed by atoms with Crippen LogP contribution in [-0.2, 0) is 18.3 Å². The number of aryl methyl sites for hydroxylation is 1. The summed E-state index contributed by atoms with van der Waals surface area (Å²) in [6.07, 6.45) is 0.424. The fourth-order valence-corrected chi connectivity index (χ4v) is 2.15. The molecule has 0 saturated heterocycles. The summed E-state index contributed by atoms with van der Waals surface area (Å²) in [5.74, 6) is -0.605. The first-order valence-electron chi connectivity index (χ1n) is 5.82. The molecule has 0 fully saturated rings. The third-order valence-corrected chi connectivity index (χ3v) is 3.34. The van der Waals surface area contributed by atoms with Gasteiger partial charge in [0.25, 0.3) is 0 Å². The average Bonchev–Trinajstić information content (AvgIpc) is 2.56. The van der Waals surface area contributed by atoms with Crippen LogP contribution in [0.15, 0.2) is 24.3 Å². The van der Waals surface area contributed by atoms with Crippen molar-refractivity contribution >= 4 is 16.9 Å². The first-order valence-corrected chi connectivity index (χ1v) is 5.82. The van der Waals surface area contributed by atoms with Gasteiger partial charge in [0.15, 0.2) is 0 Å². The average molecular weight is 247 g/mol. The van der Waals surface area contributed by atoms with E-state index in [2.05, 4.69) is 0 Å². The van der Waals surface area contributed by atoms with E-state index in [1.165, 1.54) is 0 Å². The van der Waals surface area contributed by atoms with Crippen LogP contribution >= 0.6 is 0 Å². The number of carboxylic acid groups (broad SMARTS) is 1. The maximum atomic E-state index is 11.2. The molecular formula is C14H17NO3. The molecular weight excluding hydrogens is 230 g/mol. The number of fused-ring (bicyclic) bond motifs is 1. The van der Waals surface area contributed by atoms with Gasteiger partial charge in [0.05, 0.1) is 10.9 Å². The number of hydrogen-bond acceptors (Lipinski definition) is 2. The molecule has 0 spiro atoms. The lowest BCUT2D eigenvalue weighted by molar-refractivity contribution is -0.146. The maximum Gasteiger partial charge on any atom is 0.309 e. The Labute approximate surface area is 105 Å². The Morgan fingerprint density at radius 1 is 1.39 bits per heavy atom. The van der Waals surface area contributed by atoms with E-state index in [-0.39, 0.29) is 5.75 Å². The van der Waals surface area contributed by atoms with Gasteiger partial charge in [-0.1, -0.05) is 12.1 Å². The number of carboxylic acids is 1. The summed E-state index contributed by atoms with van der Waals surface area (Å²) in [5, 5.41) is 19.9. The third kappa shape index (κ3) is 1.94. The van der Waals surface area contributed by atoms with Crippen molar-refractivity contribution in [1.82, 2.24) is 4.57 Å². The molecule has 0 aliphatic heterocycles. The molecule has 4 nitrogen and oxygen atoms in total. The summed E-state index contributed by atoms with van der Waals surface area (Å²) >= 11 is 0. The number of para-hydroxylation sites is 1. The number of carbonyl (C=O) groups is 1. The quantitative estimate of drug-likeness (QED) is 0.876. The predicted octanol–water partition coefficient (Wildman–Crippen LogP) is 2.54. The summed E-state index contributed by atoms with van der Waals surface area (Å²) in [6.45, 7) is 3.40. The number of nitrogens with zero attached hydrogens (tertiary/aromatic N) is 1. The second kappa shape index (κ2) is 4.05. The lowest BCUT2D eigenvalue weighted by atomic mass is 9.88. The van der Waals surface area contributed by atoms with E-state index < -0.39 is 11.4 Å². The van der Waals surface area contributed by atoms with Gasteiger partial charge in [-0.05, 0) is 26.0 Å². The molecule has 2 N–H and O–H groups in total. The predicted molar refractivity (Wildman–Crippen MR) is 69.7 cm³/mol. The number of aromatic nitrogens is 1. The van der Waals surface area contributed by atoms with Gasteiger partial charge in [-0.2, -0.15) is 0 Å². The smallest absolute Gasteiger partial charge is 0.309 e. The minimum Gasteiger partial charge on any atom is -0.506 e. The van der Waals surface area contributed by atoms with Crippen molar-refractivity contribution in [3.8, 4) is 5.75 Å². The molecule has 0 aliphatic carbocycles. The molecule has 18 heavy (non-hydrogen) atoms. The molecule has 0 amide bonds. The highest BCUT2D eigenvalue weighted by molar-refractivity contribution is 5.87. The highest BCUT2D eigenvalue weighted by Crippen LogP contribution is 2.30. The second-order valence-electron chi connectivity index (χ2n) is 5.28. The van der Waals surface area contributed by atoms with Crippen molar-refractivity contribution in [1.29, 1.82) is 0 Å². The molecule has 4 heteroatoms. The van der Waals surface area contributed by atoms with Gasteiger partial charge in [0, 0.05) is 24.5 Å². The van der Waals surface area contributed by atoms with E-state index in [1.54, 1.807) is 26.0 Å². The normalized spacial score (nSPS) is 11.9. The minimum atomic E-state index is -0.822. The maximum absolute atomic E-state index is 11.2. The zero-order chi connectivity index (χ0) is 13.5. The number of rotatable bonds is 3. The lowest BCUT2D eigenvalue weighted by Gasteiger charge is -2.19. The standard InChI is InChI=1S/C14H17NO3/c1-14(2,13(17)18)8-10-7-9-5-4-6-11(16)12(9)15(10)3/h4-7,16H,8H2,1-3H3,(H,17,18). The summed E-state index contributed by atoms with van der Waals surface area (Å²) in [4.78, 5) is 11.2. The van der Waals surface area contributed by atoms with Crippen LogP contribution in [0, 0.1) is 5.41 Å². The second-order valence-corrected chi connectivity index (χ2v) is 5.28. The number of phenols is 1. The van der Waals surface area contributed by atoms with Gasteiger partial charge in [0.1, 0.15) is 5.75 Å². The van der Waals surface area contributed by atoms with Crippen LogP contribution in [-0.4, -0.2) is 20.7 Å². The molecule has 0 atom stereocenters. The molecule has 1 aromatic carbocycles. The largest absolute Gasteiger partial charge is 0.506 e. The summed E-state index contributed by atoms with van der Waals surface area (Å²) in [6, 6.07) is 7.25. The topological polar surface area (TPSA) is 62.5 Å². The lowest BCUT2D eigenvalue weighted by Crippen LogP contribution is -2.27. The van der Waals surface area contributed by atoms with Gasteiger partial charge >= 0.3 is 5.97 Å². The molecule has 0 bridgehead atoms. The molecule has 1 heterocycles. The van der Waals surface area contributed by atoms with Gasteiger partial charge in [-0.3, -0.25) is 4.79 Å². The summed E-state index contributed by atoms with van der Waals surface area (Å²) in [7, 11) is 1.84. The van der Waals surface area contributed by atoms with Crippen LogP contribution in [0.1, 0.15) is 19.5 Å². The van der Waals surface area contributed by atoms with E-state index in [4.69, 9.17) is 5.11 Å². The van der Waals surface area contributed by atoms with Crippen molar-refractivity contribution in [2.75, 3.05) is 0 Å². The van der Waals surface area contributed by atoms with Crippen LogP contribution in [0.5, 0.6) is 5.75 Å². The molecule has 0 radical (unpaired) electrons. The molecule has 0 unspecified atom stereocenters. The fraction of sp³-hybridized carbons (Fsp3) is 0.357. The third-order valence-electron chi connectivity index (χ3n) is 3.34. The first kappa shape index (κ1) is 12.5. The Morgan fingerprint density at radius 3 is 2.61 bits per heavy atom. The highest BCUT2D eigenvalue weighted by atomic mass is 16.4.